The third-order valence-corrected chi connectivity index (χ3v) is 2.48. The number of para-hydroxylation sites is 1. The molecule has 20 heavy (non-hydrogen) atoms. The van der Waals surface area contributed by atoms with Gasteiger partial charge in [-0.2, -0.15) is 0 Å². The van der Waals surface area contributed by atoms with Gasteiger partial charge in [0, 0.05) is 12.6 Å². The minimum Gasteiger partial charge on any atom is -0.511 e. The molecule has 0 aliphatic carbocycles. The number of hydrogen-bond donors (Lipinski definition) is 1. The van der Waals surface area contributed by atoms with Crippen LogP contribution in [0.1, 0.15) is 26.7 Å². The highest BCUT2D eigenvalue weighted by Crippen LogP contribution is 2.17. The summed E-state index contributed by atoms with van der Waals surface area (Å²) < 4.78 is 18.3. The first-order valence-corrected chi connectivity index (χ1v) is 6.48. The molecule has 1 aromatic carbocycles. The van der Waals surface area contributed by atoms with Gasteiger partial charge in [-0.15, -0.1) is 0 Å². The average molecular weight is 279 g/mol. The quantitative estimate of drug-likeness (QED) is 0.374. The highest BCUT2D eigenvalue weighted by atomic mass is 19.1. The lowest BCUT2D eigenvalue weighted by Crippen LogP contribution is -2.11. The van der Waals surface area contributed by atoms with Crippen LogP contribution >= 0.6 is 0 Å². The van der Waals surface area contributed by atoms with Crippen LogP contribution in [-0.2, 0) is 9.53 Å². The van der Waals surface area contributed by atoms with Crippen LogP contribution in [0.15, 0.2) is 40.6 Å². The fraction of sp³-hybridized carbons (Fsp3) is 0.333. The second-order valence-electron chi connectivity index (χ2n) is 4.04. The summed E-state index contributed by atoms with van der Waals surface area (Å²) in [7, 11) is 0. The van der Waals surface area contributed by atoms with Crippen LogP contribution < -0.4 is 0 Å². The first-order chi connectivity index (χ1) is 9.60. The number of benzene rings is 1. The zero-order chi connectivity index (χ0) is 15.0. The summed E-state index contributed by atoms with van der Waals surface area (Å²) in [6, 6.07) is 5.93. The van der Waals surface area contributed by atoms with Crippen molar-refractivity contribution in [1.82, 2.24) is 0 Å². The fourth-order valence-corrected chi connectivity index (χ4v) is 1.52. The Hall–Kier alpha value is -2.17. The summed E-state index contributed by atoms with van der Waals surface area (Å²) in [4.78, 5) is 15.6. The van der Waals surface area contributed by atoms with Gasteiger partial charge in [-0.1, -0.05) is 19.1 Å². The average Bonchev–Trinajstić information content (AvgIpc) is 2.41. The maximum absolute atomic E-state index is 13.4. The van der Waals surface area contributed by atoms with E-state index in [0.29, 0.717) is 12.8 Å². The standard InChI is InChI=1S/C15H18FNO3/c1-3-7-14(18)11(15(19)20-4-2)10-17-13-9-6-5-8-12(13)16/h5-6,8-10,18H,3-4,7H2,1-2H3/b14-11+,17-10?. The second kappa shape index (κ2) is 8.09. The van der Waals surface area contributed by atoms with Gasteiger partial charge in [-0.25, -0.2) is 9.18 Å². The summed E-state index contributed by atoms with van der Waals surface area (Å²) in [5, 5.41) is 9.85. The molecule has 0 fully saturated rings. The summed E-state index contributed by atoms with van der Waals surface area (Å²) in [5.41, 5.74) is 0.0514. The Morgan fingerprint density at radius 2 is 2.10 bits per heavy atom. The molecule has 0 amide bonds. The molecule has 0 atom stereocenters. The maximum atomic E-state index is 13.4. The minimum absolute atomic E-state index is 0.0445. The summed E-state index contributed by atoms with van der Waals surface area (Å²) in [6.07, 6.45) is 2.14. The Morgan fingerprint density at radius 3 is 2.70 bits per heavy atom. The number of carbonyl (C=O) groups excluding carboxylic acids is 1. The van der Waals surface area contributed by atoms with Gasteiger partial charge in [0.2, 0.25) is 0 Å². The van der Waals surface area contributed by atoms with Crippen LogP contribution in [-0.4, -0.2) is 23.9 Å². The fourth-order valence-electron chi connectivity index (χ4n) is 1.52. The van der Waals surface area contributed by atoms with Crippen molar-refractivity contribution in [1.29, 1.82) is 0 Å². The normalized spacial score (nSPS) is 12.3. The maximum Gasteiger partial charge on any atom is 0.343 e. The Labute approximate surface area is 117 Å². The van der Waals surface area contributed by atoms with Crippen LogP contribution in [0, 0.1) is 5.82 Å². The molecule has 0 saturated carbocycles. The number of allylic oxidation sites excluding steroid dienone is 1. The van der Waals surface area contributed by atoms with Gasteiger partial charge in [0.25, 0.3) is 0 Å². The lowest BCUT2D eigenvalue weighted by atomic mass is 10.1. The molecule has 0 radical (unpaired) electrons. The van der Waals surface area contributed by atoms with E-state index in [9.17, 15) is 14.3 Å². The number of aliphatic hydroxyl groups is 1. The monoisotopic (exact) mass is 279 g/mol. The third kappa shape index (κ3) is 4.50. The number of ether oxygens (including phenoxy) is 1. The predicted molar refractivity (Wildman–Crippen MR) is 75.7 cm³/mol. The molecule has 1 N–H and O–H groups in total. The molecule has 108 valence electrons. The van der Waals surface area contributed by atoms with E-state index in [1.807, 2.05) is 6.92 Å². The number of carbonyl (C=O) groups is 1. The van der Waals surface area contributed by atoms with E-state index in [4.69, 9.17) is 4.74 Å². The molecule has 0 saturated heterocycles. The SMILES string of the molecule is CCC/C(O)=C(/C=Nc1ccccc1F)C(=O)OCC. The zero-order valence-electron chi connectivity index (χ0n) is 11.6. The highest BCUT2D eigenvalue weighted by Gasteiger charge is 2.14. The number of aliphatic hydroxyl groups excluding tert-OH is 1. The number of aliphatic imine (C=N–C) groups is 1. The minimum atomic E-state index is -0.668. The summed E-state index contributed by atoms with van der Waals surface area (Å²) in [5.74, 6) is -1.27. The molecule has 1 rings (SSSR count). The van der Waals surface area contributed by atoms with Gasteiger partial charge in [0.1, 0.15) is 17.1 Å². The molecule has 0 heterocycles. The van der Waals surface area contributed by atoms with Crippen LogP contribution in [0.25, 0.3) is 0 Å². The van der Waals surface area contributed by atoms with Gasteiger partial charge in [-0.3, -0.25) is 4.99 Å². The van der Waals surface area contributed by atoms with Crippen LogP contribution in [0.2, 0.25) is 0 Å². The van der Waals surface area contributed by atoms with Gasteiger partial charge in [0.05, 0.1) is 12.3 Å². The molecular weight excluding hydrogens is 261 g/mol. The highest BCUT2D eigenvalue weighted by molar-refractivity contribution is 6.10. The molecule has 0 bridgehead atoms. The van der Waals surface area contributed by atoms with Crippen LogP contribution in [0.4, 0.5) is 10.1 Å². The molecular formula is C15H18FNO3. The van der Waals surface area contributed by atoms with Crippen molar-refractivity contribution in [2.75, 3.05) is 6.61 Å². The number of halogens is 1. The Balaban J connectivity index is 3.04. The first-order valence-electron chi connectivity index (χ1n) is 6.48. The van der Waals surface area contributed by atoms with Crippen molar-refractivity contribution in [3.8, 4) is 0 Å². The Bertz CT molecular complexity index is 524. The third-order valence-electron chi connectivity index (χ3n) is 2.48. The van der Waals surface area contributed by atoms with Crippen molar-refractivity contribution in [3.63, 3.8) is 0 Å². The van der Waals surface area contributed by atoms with Gasteiger partial charge >= 0.3 is 5.97 Å². The van der Waals surface area contributed by atoms with E-state index in [1.165, 1.54) is 12.1 Å². The Kier molecular flexibility index (Phi) is 6.43. The molecule has 0 aliphatic rings. The van der Waals surface area contributed by atoms with E-state index >= 15 is 0 Å². The lowest BCUT2D eigenvalue weighted by molar-refractivity contribution is -0.138. The van der Waals surface area contributed by atoms with E-state index in [2.05, 4.69) is 4.99 Å². The van der Waals surface area contributed by atoms with Crippen LogP contribution in [0.5, 0.6) is 0 Å². The van der Waals surface area contributed by atoms with Crippen LogP contribution in [0.3, 0.4) is 0 Å². The van der Waals surface area contributed by atoms with Gasteiger partial charge < -0.3 is 9.84 Å². The number of rotatable bonds is 6. The van der Waals surface area contributed by atoms with Crippen molar-refractivity contribution < 1.29 is 19.0 Å². The molecule has 4 nitrogen and oxygen atoms in total. The summed E-state index contributed by atoms with van der Waals surface area (Å²) in [6.45, 7) is 3.72. The summed E-state index contributed by atoms with van der Waals surface area (Å²) >= 11 is 0. The number of nitrogens with zero attached hydrogens (tertiary/aromatic N) is 1. The van der Waals surface area contributed by atoms with E-state index in [0.717, 1.165) is 6.21 Å². The largest absolute Gasteiger partial charge is 0.511 e. The molecule has 0 aliphatic heterocycles. The zero-order valence-corrected chi connectivity index (χ0v) is 11.6. The topological polar surface area (TPSA) is 58.9 Å². The molecule has 0 spiro atoms. The second-order valence-corrected chi connectivity index (χ2v) is 4.04. The molecule has 0 unspecified atom stereocenters. The molecule has 5 heteroatoms. The Morgan fingerprint density at radius 1 is 1.40 bits per heavy atom. The van der Waals surface area contributed by atoms with E-state index in [-0.39, 0.29) is 23.6 Å². The van der Waals surface area contributed by atoms with E-state index < -0.39 is 11.8 Å². The smallest absolute Gasteiger partial charge is 0.343 e. The van der Waals surface area contributed by atoms with Crippen molar-refractivity contribution >= 4 is 17.9 Å². The van der Waals surface area contributed by atoms with Gasteiger partial charge in [0.15, 0.2) is 0 Å². The van der Waals surface area contributed by atoms with Gasteiger partial charge in [-0.05, 0) is 25.5 Å². The number of esters is 1. The predicted octanol–water partition coefficient (Wildman–Crippen LogP) is 3.70. The van der Waals surface area contributed by atoms with Crippen molar-refractivity contribution in [2.45, 2.75) is 26.7 Å². The van der Waals surface area contributed by atoms with Crippen molar-refractivity contribution in [3.05, 3.63) is 41.4 Å². The lowest BCUT2D eigenvalue weighted by Gasteiger charge is -2.05. The van der Waals surface area contributed by atoms with E-state index in [1.54, 1.807) is 19.1 Å². The first kappa shape index (κ1) is 15.9. The van der Waals surface area contributed by atoms with Crippen molar-refractivity contribution in [2.24, 2.45) is 4.99 Å². The molecule has 0 aromatic heterocycles. The number of hydrogen-bond acceptors (Lipinski definition) is 4. The molecule has 1 aromatic rings.